The van der Waals surface area contributed by atoms with Crippen LogP contribution in [-0.2, 0) is 22.7 Å². The largest absolute Gasteiger partial charge is 0.377 e. The highest BCUT2D eigenvalue weighted by Gasteiger charge is 2.17. The highest BCUT2D eigenvalue weighted by molar-refractivity contribution is 5.14. The third kappa shape index (κ3) is 6.23. The van der Waals surface area contributed by atoms with Crippen LogP contribution in [0.2, 0.25) is 0 Å². The maximum atomic E-state index is 9.29. The van der Waals surface area contributed by atoms with E-state index in [1.807, 2.05) is 67.6 Å². The van der Waals surface area contributed by atoms with E-state index in [4.69, 9.17) is 9.47 Å². The van der Waals surface area contributed by atoms with E-state index >= 15 is 0 Å². The van der Waals surface area contributed by atoms with Crippen LogP contribution in [0.25, 0.3) is 0 Å². The standard InChI is InChI=1S/C20H23NO2/c1-17(12-13-22-15-18-8-4-2-5-9-18)20(14-21)23-16-19-10-6-3-7-11-19/h2-11,17,20H,12-13,15-16H2,1H3/t17-,20-/m1/s1. The number of nitrogens with zero attached hydrogens (tertiary/aromatic N) is 1. The summed E-state index contributed by atoms with van der Waals surface area (Å²) in [7, 11) is 0. The first-order valence-electron chi connectivity index (χ1n) is 7.96. The van der Waals surface area contributed by atoms with Gasteiger partial charge in [0.15, 0.2) is 0 Å². The summed E-state index contributed by atoms with van der Waals surface area (Å²) in [6, 6.07) is 22.3. The van der Waals surface area contributed by atoms with Crippen LogP contribution in [0.5, 0.6) is 0 Å². The van der Waals surface area contributed by atoms with Crippen molar-refractivity contribution in [2.24, 2.45) is 5.92 Å². The van der Waals surface area contributed by atoms with Crippen molar-refractivity contribution < 1.29 is 9.47 Å². The average Bonchev–Trinajstić information content (AvgIpc) is 2.61. The second kappa shape index (κ2) is 9.78. The summed E-state index contributed by atoms with van der Waals surface area (Å²) in [5.74, 6) is 0.138. The van der Waals surface area contributed by atoms with E-state index in [0.717, 1.165) is 17.5 Å². The molecule has 0 bridgehead atoms. The van der Waals surface area contributed by atoms with Gasteiger partial charge in [-0.3, -0.25) is 0 Å². The van der Waals surface area contributed by atoms with Crippen molar-refractivity contribution in [3.8, 4) is 6.07 Å². The normalized spacial score (nSPS) is 13.2. The zero-order valence-electron chi connectivity index (χ0n) is 13.5. The Morgan fingerprint density at radius 1 is 0.913 bits per heavy atom. The predicted molar refractivity (Wildman–Crippen MR) is 90.5 cm³/mol. The van der Waals surface area contributed by atoms with Gasteiger partial charge in [-0.15, -0.1) is 0 Å². The molecule has 0 heterocycles. The fraction of sp³-hybridized carbons (Fsp3) is 0.350. The molecule has 23 heavy (non-hydrogen) atoms. The summed E-state index contributed by atoms with van der Waals surface area (Å²) in [5.41, 5.74) is 2.25. The van der Waals surface area contributed by atoms with Gasteiger partial charge in [-0.1, -0.05) is 67.6 Å². The molecule has 2 aromatic rings. The summed E-state index contributed by atoms with van der Waals surface area (Å²) in [6.45, 7) is 3.73. The lowest BCUT2D eigenvalue weighted by molar-refractivity contribution is 0.0257. The Morgan fingerprint density at radius 2 is 1.48 bits per heavy atom. The second-order valence-electron chi connectivity index (χ2n) is 5.65. The van der Waals surface area contributed by atoms with Crippen LogP contribution in [0, 0.1) is 17.2 Å². The van der Waals surface area contributed by atoms with Gasteiger partial charge in [0.2, 0.25) is 0 Å². The summed E-state index contributed by atoms with van der Waals surface area (Å²) in [6.07, 6.45) is 0.398. The van der Waals surface area contributed by atoms with E-state index in [0.29, 0.717) is 19.8 Å². The molecule has 2 aromatic carbocycles. The molecule has 0 aliphatic rings. The Balaban J connectivity index is 1.68. The second-order valence-corrected chi connectivity index (χ2v) is 5.65. The number of nitriles is 1. The lowest BCUT2D eigenvalue weighted by atomic mass is 10.0. The van der Waals surface area contributed by atoms with Gasteiger partial charge in [-0.05, 0) is 23.5 Å². The maximum Gasteiger partial charge on any atom is 0.147 e. The maximum absolute atomic E-state index is 9.29. The molecular formula is C20H23NO2. The molecule has 0 aliphatic heterocycles. The molecule has 3 heteroatoms. The Hall–Kier alpha value is -2.15. The molecule has 120 valence electrons. The first-order chi connectivity index (χ1) is 11.3. The van der Waals surface area contributed by atoms with Crippen molar-refractivity contribution in [3.05, 3.63) is 71.8 Å². The fourth-order valence-electron chi connectivity index (χ4n) is 2.27. The molecule has 0 N–H and O–H groups in total. The summed E-state index contributed by atoms with van der Waals surface area (Å²) >= 11 is 0. The van der Waals surface area contributed by atoms with Crippen molar-refractivity contribution >= 4 is 0 Å². The quantitative estimate of drug-likeness (QED) is 0.647. The van der Waals surface area contributed by atoms with Gasteiger partial charge in [-0.2, -0.15) is 5.26 Å². The molecule has 3 nitrogen and oxygen atoms in total. The van der Waals surface area contributed by atoms with Crippen LogP contribution in [0.1, 0.15) is 24.5 Å². The van der Waals surface area contributed by atoms with Crippen LogP contribution in [0.4, 0.5) is 0 Å². The van der Waals surface area contributed by atoms with E-state index in [9.17, 15) is 5.26 Å². The van der Waals surface area contributed by atoms with Crippen molar-refractivity contribution in [1.82, 2.24) is 0 Å². The summed E-state index contributed by atoms with van der Waals surface area (Å²) in [5, 5.41) is 9.29. The van der Waals surface area contributed by atoms with Crippen LogP contribution in [-0.4, -0.2) is 12.7 Å². The minimum absolute atomic E-state index is 0.138. The Kier molecular flexibility index (Phi) is 7.32. The first-order valence-corrected chi connectivity index (χ1v) is 7.96. The average molecular weight is 309 g/mol. The van der Waals surface area contributed by atoms with Crippen molar-refractivity contribution in [2.45, 2.75) is 32.7 Å². The van der Waals surface area contributed by atoms with E-state index in [-0.39, 0.29) is 5.92 Å². The summed E-state index contributed by atoms with van der Waals surface area (Å²) in [4.78, 5) is 0. The number of benzene rings is 2. The molecular weight excluding hydrogens is 286 g/mol. The van der Waals surface area contributed by atoms with Crippen LogP contribution in [0.15, 0.2) is 60.7 Å². The SMILES string of the molecule is C[C@H](CCOCc1ccccc1)[C@@H](C#N)OCc1ccccc1. The van der Waals surface area contributed by atoms with Gasteiger partial charge in [0.05, 0.1) is 19.3 Å². The molecule has 0 spiro atoms. The van der Waals surface area contributed by atoms with Gasteiger partial charge in [0, 0.05) is 6.61 Å². The van der Waals surface area contributed by atoms with E-state index < -0.39 is 6.10 Å². The van der Waals surface area contributed by atoms with E-state index in [1.54, 1.807) is 0 Å². The Bertz CT molecular complexity index is 592. The zero-order valence-corrected chi connectivity index (χ0v) is 13.5. The zero-order chi connectivity index (χ0) is 16.3. The van der Waals surface area contributed by atoms with E-state index in [1.165, 1.54) is 0 Å². The number of hydrogen-bond acceptors (Lipinski definition) is 3. The van der Waals surface area contributed by atoms with Gasteiger partial charge in [-0.25, -0.2) is 0 Å². The number of rotatable bonds is 9. The Labute approximate surface area is 138 Å². The monoisotopic (exact) mass is 309 g/mol. The molecule has 0 amide bonds. The van der Waals surface area contributed by atoms with Crippen molar-refractivity contribution in [2.75, 3.05) is 6.61 Å². The Morgan fingerprint density at radius 3 is 2.04 bits per heavy atom. The van der Waals surface area contributed by atoms with Gasteiger partial charge < -0.3 is 9.47 Å². The molecule has 0 aromatic heterocycles. The molecule has 2 rings (SSSR count). The number of ether oxygens (including phenoxy) is 2. The molecule has 2 atom stereocenters. The topological polar surface area (TPSA) is 42.2 Å². The van der Waals surface area contributed by atoms with Gasteiger partial charge in [0.25, 0.3) is 0 Å². The highest BCUT2D eigenvalue weighted by Crippen LogP contribution is 2.14. The molecule has 0 saturated heterocycles. The van der Waals surface area contributed by atoms with Crippen molar-refractivity contribution in [3.63, 3.8) is 0 Å². The third-order valence-electron chi connectivity index (χ3n) is 3.75. The molecule has 0 aliphatic carbocycles. The van der Waals surface area contributed by atoms with Gasteiger partial charge in [0.1, 0.15) is 6.10 Å². The fourth-order valence-corrected chi connectivity index (χ4v) is 2.27. The predicted octanol–water partition coefficient (Wildman–Crippen LogP) is 4.34. The third-order valence-corrected chi connectivity index (χ3v) is 3.75. The minimum Gasteiger partial charge on any atom is -0.377 e. The first kappa shape index (κ1) is 17.2. The van der Waals surface area contributed by atoms with Gasteiger partial charge >= 0.3 is 0 Å². The highest BCUT2D eigenvalue weighted by atomic mass is 16.5. The van der Waals surface area contributed by atoms with E-state index in [2.05, 4.69) is 6.07 Å². The van der Waals surface area contributed by atoms with Crippen LogP contribution >= 0.6 is 0 Å². The molecule has 0 fully saturated rings. The van der Waals surface area contributed by atoms with Crippen molar-refractivity contribution in [1.29, 1.82) is 5.26 Å². The van der Waals surface area contributed by atoms with Crippen LogP contribution in [0.3, 0.4) is 0 Å². The van der Waals surface area contributed by atoms with Crippen LogP contribution < -0.4 is 0 Å². The molecule has 0 unspecified atom stereocenters. The number of hydrogen-bond donors (Lipinski definition) is 0. The molecule has 0 radical (unpaired) electrons. The lowest BCUT2D eigenvalue weighted by Gasteiger charge is -2.18. The lowest BCUT2D eigenvalue weighted by Crippen LogP contribution is -2.21. The summed E-state index contributed by atoms with van der Waals surface area (Å²) < 4.78 is 11.4. The minimum atomic E-state index is -0.407. The molecule has 0 saturated carbocycles. The smallest absolute Gasteiger partial charge is 0.147 e.